The molecule has 0 spiro atoms. The van der Waals surface area contributed by atoms with Crippen molar-refractivity contribution in [3.8, 4) is 11.3 Å². The van der Waals surface area contributed by atoms with Gasteiger partial charge in [0.05, 0.1) is 17.6 Å². The van der Waals surface area contributed by atoms with Gasteiger partial charge in [0.15, 0.2) is 22.0 Å². The molecule has 0 aliphatic carbocycles. The Kier molecular flexibility index (Phi) is 6.24. The van der Waals surface area contributed by atoms with Crippen molar-refractivity contribution >= 4 is 34.5 Å². The van der Waals surface area contributed by atoms with Gasteiger partial charge in [0.1, 0.15) is 5.69 Å². The number of anilines is 1. The van der Waals surface area contributed by atoms with E-state index in [0.29, 0.717) is 10.5 Å². The summed E-state index contributed by atoms with van der Waals surface area (Å²) in [7, 11) is -0.560. The van der Waals surface area contributed by atoms with E-state index in [1.54, 1.807) is 12.1 Å². The second kappa shape index (κ2) is 8.67. The zero-order chi connectivity index (χ0) is 21.1. The smallest absolute Gasteiger partial charge is 0.337 e. The van der Waals surface area contributed by atoms with Crippen molar-refractivity contribution in [1.82, 2.24) is 9.97 Å². The Morgan fingerprint density at radius 1 is 1.14 bits per heavy atom. The van der Waals surface area contributed by atoms with Crippen LogP contribution in [-0.2, 0) is 15.7 Å². The minimum atomic E-state index is -1.82. The van der Waals surface area contributed by atoms with Crippen LogP contribution in [0.2, 0.25) is 5.15 Å². The van der Waals surface area contributed by atoms with Crippen LogP contribution >= 0.6 is 11.6 Å². The summed E-state index contributed by atoms with van der Waals surface area (Å²) in [6, 6.07) is 11.6. The molecule has 1 heterocycles. The molecular weight excluding hydrogens is 417 g/mol. The number of esters is 1. The van der Waals surface area contributed by atoms with Crippen LogP contribution in [0.3, 0.4) is 0 Å². The van der Waals surface area contributed by atoms with Crippen molar-refractivity contribution in [2.24, 2.45) is 0 Å². The number of halogens is 2. The van der Waals surface area contributed by atoms with Gasteiger partial charge in [0.25, 0.3) is 0 Å². The number of benzene rings is 2. The van der Waals surface area contributed by atoms with E-state index in [0.717, 1.165) is 11.1 Å². The summed E-state index contributed by atoms with van der Waals surface area (Å²) in [6.07, 6.45) is 0. The first kappa shape index (κ1) is 20.9. The minimum absolute atomic E-state index is 0.0170. The second-order valence-electron chi connectivity index (χ2n) is 6.16. The number of rotatable bonds is 5. The highest BCUT2D eigenvalue weighted by Crippen LogP contribution is 2.31. The van der Waals surface area contributed by atoms with Crippen molar-refractivity contribution < 1.29 is 18.1 Å². The Hall–Kier alpha value is -2.84. The van der Waals surface area contributed by atoms with E-state index in [1.165, 1.54) is 19.2 Å². The van der Waals surface area contributed by atoms with Gasteiger partial charge in [-0.25, -0.2) is 18.4 Å². The molecule has 0 aliphatic heterocycles. The molecule has 1 atom stereocenters. The SMILES string of the molecule is COC(=O)c1cccc(S(=O)Nc2nc(Cl)c(F)c(-c3c(C)cccc3C)n2)c1. The fraction of sp³-hybridized carbons (Fsp3) is 0.150. The summed E-state index contributed by atoms with van der Waals surface area (Å²) in [6.45, 7) is 3.67. The Balaban J connectivity index is 1.98. The minimum Gasteiger partial charge on any atom is -0.465 e. The molecule has 150 valence electrons. The molecule has 1 aromatic heterocycles. The number of hydrogen-bond acceptors (Lipinski definition) is 5. The van der Waals surface area contributed by atoms with E-state index >= 15 is 0 Å². The van der Waals surface area contributed by atoms with Gasteiger partial charge >= 0.3 is 5.97 Å². The van der Waals surface area contributed by atoms with E-state index in [2.05, 4.69) is 19.4 Å². The number of aromatic nitrogens is 2. The lowest BCUT2D eigenvalue weighted by Crippen LogP contribution is -2.11. The summed E-state index contributed by atoms with van der Waals surface area (Å²) in [4.78, 5) is 20.0. The van der Waals surface area contributed by atoms with Crippen LogP contribution < -0.4 is 4.72 Å². The quantitative estimate of drug-likeness (QED) is 0.474. The van der Waals surface area contributed by atoms with Crippen LogP contribution in [0.4, 0.5) is 10.3 Å². The van der Waals surface area contributed by atoms with Gasteiger partial charge < -0.3 is 4.74 Å². The molecule has 3 rings (SSSR count). The highest BCUT2D eigenvalue weighted by Gasteiger charge is 2.19. The summed E-state index contributed by atoms with van der Waals surface area (Å²) in [5.41, 5.74) is 2.49. The largest absolute Gasteiger partial charge is 0.465 e. The Morgan fingerprint density at radius 2 is 1.79 bits per heavy atom. The van der Waals surface area contributed by atoms with Crippen LogP contribution in [0.5, 0.6) is 0 Å². The summed E-state index contributed by atoms with van der Waals surface area (Å²) in [5.74, 6) is -1.41. The van der Waals surface area contributed by atoms with E-state index < -0.39 is 22.8 Å². The molecule has 3 aromatic rings. The van der Waals surface area contributed by atoms with Crippen LogP contribution in [0.25, 0.3) is 11.3 Å². The zero-order valence-electron chi connectivity index (χ0n) is 15.8. The number of ether oxygens (including phenoxy) is 1. The van der Waals surface area contributed by atoms with Crippen LogP contribution in [0.15, 0.2) is 47.4 Å². The Bertz CT molecular complexity index is 1100. The molecule has 1 unspecified atom stereocenters. The van der Waals surface area contributed by atoms with Gasteiger partial charge in [-0.1, -0.05) is 35.9 Å². The fourth-order valence-electron chi connectivity index (χ4n) is 2.82. The lowest BCUT2D eigenvalue weighted by Gasteiger charge is -2.13. The van der Waals surface area contributed by atoms with Gasteiger partial charge in [-0.2, -0.15) is 4.98 Å². The normalized spacial score (nSPS) is 11.8. The maximum absolute atomic E-state index is 14.7. The third-order valence-electron chi connectivity index (χ3n) is 4.18. The predicted octanol–water partition coefficient (Wildman–Crippen LogP) is 4.47. The number of carbonyl (C=O) groups is 1. The average Bonchev–Trinajstić information content (AvgIpc) is 2.70. The van der Waals surface area contributed by atoms with Gasteiger partial charge in [0.2, 0.25) is 5.95 Å². The molecule has 29 heavy (non-hydrogen) atoms. The first-order chi connectivity index (χ1) is 13.8. The number of nitrogens with one attached hydrogen (secondary N) is 1. The molecule has 0 bridgehead atoms. The molecule has 0 radical (unpaired) electrons. The number of nitrogens with zero attached hydrogens (tertiary/aromatic N) is 2. The maximum atomic E-state index is 14.7. The topological polar surface area (TPSA) is 81.2 Å². The second-order valence-corrected chi connectivity index (χ2v) is 7.73. The number of aryl methyl sites for hydroxylation is 2. The Labute approximate surface area is 174 Å². The maximum Gasteiger partial charge on any atom is 0.337 e. The standard InChI is InChI=1S/C20H17ClFN3O3S/c1-11-6-4-7-12(2)15(11)17-16(22)18(21)24-20(23-17)25-29(27)14-9-5-8-13(10-14)19(26)28-3/h4-10H,1-3H3,(H,23,24,25). The van der Waals surface area contributed by atoms with Crippen LogP contribution in [0.1, 0.15) is 21.5 Å². The summed E-state index contributed by atoms with van der Waals surface area (Å²) < 4.78 is 34.6. The van der Waals surface area contributed by atoms with Crippen molar-refractivity contribution in [3.05, 3.63) is 70.1 Å². The lowest BCUT2D eigenvalue weighted by molar-refractivity contribution is 0.0600. The summed E-state index contributed by atoms with van der Waals surface area (Å²) in [5, 5.41) is -0.388. The number of carbonyl (C=O) groups excluding carboxylic acids is 1. The molecule has 6 nitrogen and oxygen atoms in total. The average molecular weight is 434 g/mol. The first-order valence-corrected chi connectivity index (χ1v) is 10.0. The molecule has 2 aromatic carbocycles. The molecule has 0 aliphatic rings. The molecule has 9 heteroatoms. The summed E-state index contributed by atoms with van der Waals surface area (Å²) >= 11 is 5.96. The fourth-order valence-corrected chi connectivity index (χ4v) is 3.80. The van der Waals surface area contributed by atoms with Crippen LogP contribution in [-0.4, -0.2) is 27.3 Å². The van der Waals surface area contributed by atoms with Crippen molar-refractivity contribution in [2.45, 2.75) is 18.7 Å². The highest BCUT2D eigenvalue weighted by atomic mass is 35.5. The number of methoxy groups -OCH3 is 1. The van der Waals surface area contributed by atoms with E-state index in [1.807, 2.05) is 32.0 Å². The third kappa shape index (κ3) is 4.44. The zero-order valence-corrected chi connectivity index (χ0v) is 17.4. The van der Waals surface area contributed by atoms with E-state index in [-0.39, 0.29) is 22.4 Å². The molecule has 0 amide bonds. The van der Waals surface area contributed by atoms with Gasteiger partial charge in [-0.15, -0.1) is 0 Å². The van der Waals surface area contributed by atoms with Crippen LogP contribution in [0, 0.1) is 19.7 Å². The third-order valence-corrected chi connectivity index (χ3v) is 5.48. The predicted molar refractivity (Wildman–Crippen MR) is 110 cm³/mol. The van der Waals surface area contributed by atoms with E-state index in [9.17, 15) is 13.4 Å². The molecule has 0 fully saturated rings. The molecule has 0 saturated heterocycles. The molecular formula is C20H17ClFN3O3S. The van der Waals surface area contributed by atoms with E-state index in [4.69, 9.17) is 11.6 Å². The van der Waals surface area contributed by atoms with Crippen molar-refractivity contribution in [1.29, 1.82) is 0 Å². The van der Waals surface area contributed by atoms with Crippen molar-refractivity contribution in [2.75, 3.05) is 11.8 Å². The van der Waals surface area contributed by atoms with Gasteiger partial charge in [-0.3, -0.25) is 4.72 Å². The highest BCUT2D eigenvalue weighted by molar-refractivity contribution is 7.86. The lowest BCUT2D eigenvalue weighted by atomic mass is 10.00. The van der Waals surface area contributed by atoms with Crippen molar-refractivity contribution in [3.63, 3.8) is 0 Å². The molecule has 0 saturated carbocycles. The van der Waals surface area contributed by atoms with Gasteiger partial charge in [-0.05, 0) is 43.2 Å². The monoisotopic (exact) mass is 433 g/mol. The molecule has 1 N–H and O–H groups in total. The number of hydrogen-bond donors (Lipinski definition) is 1. The first-order valence-electron chi connectivity index (χ1n) is 8.48. The van der Waals surface area contributed by atoms with Gasteiger partial charge in [0, 0.05) is 5.56 Å². The Morgan fingerprint density at radius 3 is 2.45 bits per heavy atom.